The predicted molar refractivity (Wildman–Crippen MR) is 58.6 cm³/mol. The van der Waals surface area contributed by atoms with Gasteiger partial charge in [-0.25, -0.2) is 4.98 Å². The van der Waals surface area contributed by atoms with E-state index < -0.39 is 10.1 Å². The topological polar surface area (TPSA) is 67.3 Å². The first-order valence-corrected chi connectivity index (χ1v) is 7.39. The van der Waals surface area contributed by atoms with E-state index in [9.17, 15) is 8.42 Å². The van der Waals surface area contributed by atoms with Crippen LogP contribution in [0, 0.1) is 6.92 Å². The fourth-order valence-electron chi connectivity index (χ4n) is 0.802. The van der Waals surface area contributed by atoms with Gasteiger partial charge in [0.2, 0.25) is 0 Å². The number of thioether (sulfide) groups is 1. The molecule has 80 valence electrons. The Morgan fingerprint density at radius 3 is 2.86 bits per heavy atom. The number of rotatable bonds is 5. The molecule has 14 heavy (non-hydrogen) atoms. The van der Waals surface area contributed by atoms with E-state index in [1.165, 1.54) is 11.8 Å². The average Bonchev–Trinajstić information content (AvgIpc) is 2.44. The molecule has 0 spiro atoms. The van der Waals surface area contributed by atoms with Crippen molar-refractivity contribution in [3.8, 4) is 0 Å². The van der Waals surface area contributed by atoms with Crippen LogP contribution in [0.15, 0.2) is 10.5 Å². The Labute approximate surface area is 91.5 Å². The van der Waals surface area contributed by atoms with E-state index >= 15 is 0 Å². The molecule has 7 heteroatoms. The Kier molecular flexibility index (Phi) is 4.36. The molecular formula is C7H11NO3S3. The van der Waals surface area contributed by atoms with Crippen molar-refractivity contribution < 1.29 is 13.0 Å². The molecule has 1 heterocycles. The van der Waals surface area contributed by atoms with Crippen LogP contribution in [0.5, 0.6) is 0 Å². The molecule has 0 aromatic carbocycles. The zero-order valence-electron chi connectivity index (χ0n) is 7.63. The molecule has 0 aliphatic rings. The third kappa shape index (κ3) is 4.94. The lowest BCUT2D eigenvalue weighted by atomic mass is 10.6. The molecule has 0 aliphatic heterocycles. The van der Waals surface area contributed by atoms with Crippen LogP contribution in [0.2, 0.25) is 0 Å². The fourth-order valence-corrected chi connectivity index (χ4v) is 3.45. The Hall–Kier alpha value is -0.110. The summed E-state index contributed by atoms with van der Waals surface area (Å²) in [6.07, 6.45) is 2.23. The summed E-state index contributed by atoms with van der Waals surface area (Å²) in [4.78, 5) is 5.26. The second-order valence-corrected chi connectivity index (χ2v) is 6.87. The highest BCUT2D eigenvalue weighted by atomic mass is 32.2. The zero-order valence-corrected chi connectivity index (χ0v) is 10.1. The molecule has 4 nitrogen and oxygen atoms in total. The molecule has 0 saturated heterocycles. The summed E-state index contributed by atoms with van der Waals surface area (Å²) in [6, 6.07) is 0. The van der Waals surface area contributed by atoms with E-state index in [0.717, 1.165) is 9.22 Å². The summed E-state index contributed by atoms with van der Waals surface area (Å²) < 4.78 is 30.2. The van der Waals surface area contributed by atoms with E-state index in [1.54, 1.807) is 17.5 Å². The highest BCUT2D eigenvalue weighted by Crippen LogP contribution is 2.23. The van der Waals surface area contributed by atoms with Gasteiger partial charge in [0.1, 0.15) is 4.34 Å². The Morgan fingerprint density at radius 2 is 2.36 bits per heavy atom. The number of aromatic nitrogens is 1. The van der Waals surface area contributed by atoms with Crippen LogP contribution in [-0.4, -0.2) is 29.5 Å². The SMILES string of the molecule is Cc1cnc(SCCCS(=O)(=O)O)s1. The molecule has 0 aliphatic carbocycles. The molecule has 0 radical (unpaired) electrons. The van der Waals surface area contributed by atoms with Crippen LogP contribution in [0.1, 0.15) is 11.3 Å². The van der Waals surface area contributed by atoms with Gasteiger partial charge in [0.05, 0.1) is 5.75 Å². The lowest BCUT2D eigenvalue weighted by Crippen LogP contribution is -2.04. The van der Waals surface area contributed by atoms with Gasteiger partial charge in [-0.1, -0.05) is 11.8 Å². The second kappa shape index (κ2) is 5.11. The molecule has 0 unspecified atom stereocenters. The number of aryl methyl sites for hydroxylation is 1. The van der Waals surface area contributed by atoms with Crippen molar-refractivity contribution in [2.45, 2.75) is 17.7 Å². The summed E-state index contributed by atoms with van der Waals surface area (Å²) in [7, 11) is -3.80. The molecule has 0 amide bonds. The first-order chi connectivity index (χ1) is 6.47. The van der Waals surface area contributed by atoms with Gasteiger partial charge < -0.3 is 0 Å². The number of hydrogen-bond acceptors (Lipinski definition) is 5. The summed E-state index contributed by atoms with van der Waals surface area (Å²) in [6.45, 7) is 1.97. The monoisotopic (exact) mass is 253 g/mol. The van der Waals surface area contributed by atoms with Crippen LogP contribution in [-0.2, 0) is 10.1 Å². The number of hydrogen-bond donors (Lipinski definition) is 1. The quantitative estimate of drug-likeness (QED) is 0.492. The van der Waals surface area contributed by atoms with Crippen molar-refractivity contribution in [2.24, 2.45) is 0 Å². The first kappa shape index (κ1) is 12.0. The lowest BCUT2D eigenvalue weighted by molar-refractivity contribution is 0.482. The Morgan fingerprint density at radius 1 is 1.64 bits per heavy atom. The van der Waals surface area contributed by atoms with Gasteiger partial charge in [-0.05, 0) is 13.3 Å². The van der Waals surface area contributed by atoms with E-state index in [1.807, 2.05) is 6.92 Å². The standard InChI is InChI=1S/C7H11NO3S3/c1-6-5-8-7(13-6)12-3-2-4-14(9,10)11/h5H,2-4H2,1H3,(H,9,10,11). The summed E-state index contributed by atoms with van der Waals surface area (Å²) in [5.74, 6) is 0.483. The maximum absolute atomic E-state index is 10.4. The van der Waals surface area contributed by atoms with E-state index in [4.69, 9.17) is 4.55 Å². The molecule has 0 bridgehead atoms. The van der Waals surface area contributed by atoms with Gasteiger partial charge in [0, 0.05) is 16.8 Å². The van der Waals surface area contributed by atoms with E-state index in [-0.39, 0.29) is 5.75 Å². The molecule has 0 saturated carbocycles. The summed E-state index contributed by atoms with van der Waals surface area (Å²) in [5, 5.41) is 0. The normalized spacial score (nSPS) is 11.9. The first-order valence-electron chi connectivity index (χ1n) is 3.98. The van der Waals surface area contributed by atoms with Crippen molar-refractivity contribution in [1.29, 1.82) is 0 Å². The van der Waals surface area contributed by atoms with Gasteiger partial charge in [-0.3, -0.25) is 4.55 Å². The molecule has 1 aromatic rings. The van der Waals surface area contributed by atoms with Crippen LogP contribution in [0.25, 0.3) is 0 Å². The Bertz CT molecular complexity index is 385. The molecule has 1 N–H and O–H groups in total. The minimum absolute atomic E-state index is 0.176. The maximum atomic E-state index is 10.4. The minimum Gasteiger partial charge on any atom is -0.286 e. The highest BCUT2D eigenvalue weighted by Gasteiger charge is 2.04. The van der Waals surface area contributed by atoms with Crippen molar-refractivity contribution in [1.82, 2.24) is 4.98 Å². The van der Waals surface area contributed by atoms with Crippen LogP contribution in [0.3, 0.4) is 0 Å². The van der Waals surface area contributed by atoms with Crippen molar-refractivity contribution in [3.63, 3.8) is 0 Å². The van der Waals surface area contributed by atoms with Crippen LogP contribution >= 0.6 is 23.1 Å². The average molecular weight is 253 g/mol. The van der Waals surface area contributed by atoms with Gasteiger partial charge in [-0.15, -0.1) is 11.3 Å². The zero-order chi connectivity index (χ0) is 10.6. The molecule has 1 aromatic heterocycles. The van der Waals surface area contributed by atoms with Gasteiger partial charge >= 0.3 is 0 Å². The predicted octanol–water partition coefficient (Wildman–Crippen LogP) is 1.82. The molecule has 1 rings (SSSR count). The van der Waals surface area contributed by atoms with Crippen molar-refractivity contribution in [3.05, 3.63) is 11.1 Å². The van der Waals surface area contributed by atoms with Crippen molar-refractivity contribution in [2.75, 3.05) is 11.5 Å². The third-order valence-corrected chi connectivity index (χ3v) is 4.33. The third-order valence-electron chi connectivity index (χ3n) is 1.37. The van der Waals surface area contributed by atoms with Gasteiger partial charge in [0.25, 0.3) is 10.1 Å². The molecule has 0 fully saturated rings. The largest absolute Gasteiger partial charge is 0.286 e. The fraction of sp³-hybridized carbons (Fsp3) is 0.571. The highest BCUT2D eigenvalue weighted by molar-refractivity contribution is 8.01. The maximum Gasteiger partial charge on any atom is 0.264 e. The Balaban J connectivity index is 2.23. The summed E-state index contributed by atoms with van der Waals surface area (Å²) in [5.41, 5.74) is 0. The number of thiazole rings is 1. The van der Waals surface area contributed by atoms with Crippen LogP contribution in [0.4, 0.5) is 0 Å². The minimum atomic E-state index is -3.80. The number of nitrogens with zero attached hydrogens (tertiary/aromatic N) is 1. The molecule has 0 atom stereocenters. The van der Waals surface area contributed by atoms with Crippen LogP contribution < -0.4 is 0 Å². The lowest BCUT2D eigenvalue weighted by Gasteiger charge is -1.95. The molecular weight excluding hydrogens is 242 g/mol. The summed E-state index contributed by atoms with van der Waals surface area (Å²) >= 11 is 3.10. The van der Waals surface area contributed by atoms with Gasteiger partial charge in [-0.2, -0.15) is 8.42 Å². The van der Waals surface area contributed by atoms with Gasteiger partial charge in [0.15, 0.2) is 0 Å². The smallest absolute Gasteiger partial charge is 0.264 e. The second-order valence-electron chi connectivity index (χ2n) is 2.72. The van der Waals surface area contributed by atoms with E-state index in [0.29, 0.717) is 12.2 Å². The van der Waals surface area contributed by atoms with E-state index in [2.05, 4.69) is 4.98 Å². The van der Waals surface area contributed by atoms with Crippen molar-refractivity contribution >= 4 is 33.2 Å².